The number of unbranched alkanes of at least 4 members (excludes halogenated alkanes) is 1. The van der Waals surface area contributed by atoms with Crippen LogP contribution in [0.25, 0.3) is 0 Å². The maximum atomic E-state index is 5.75. The molecule has 0 bridgehead atoms. The van der Waals surface area contributed by atoms with Gasteiger partial charge in [0.05, 0.1) is 0 Å². The second kappa shape index (κ2) is 8.60. The van der Waals surface area contributed by atoms with Crippen molar-refractivity contribution in [2.75, 3.05) is 5.88 Å². The van der Waals surface area contributed by atoms with Crippen molar-refractivity contribution in [2.45, 2.75) is 51.2 Å². The molecule has 0 radical (unpaired) electrons. The molecule has 68 valence electrons. The molecule has 0 spiro atoms. The van der Waals surface area contributed by atoms with Gasteiger partial charge in [0, 0.05) is 14.7 Å². The van der Waals surface area contributed by atoms with E-state index in [-0.39, 0.29) is 8.80 Å². The fourth-order valence-corrected chi connectivity index (χ4v) is 5.39. The minimum atomic E-state index is -0.383. The predicted molar refractivity (Wildman–Crippen MR) is 57.5 cm³/mol. The minimum Gasteiger partial charge on any atom is -0.127 e. The van der Waals surface area contributed by atoms with Gasteiger partial charge in [0.25, 0.3) is 0 Å². The van der Waals surface area contributed by atoms with Crippen molar-refractivity contribution in [1.82, 2.24) is 0 Å². The van der Waals surface area contributed by atoms with E-state index >= 15 is 0 Å². The molecule has 0 aromatic heterocycles. The summed E-state index contributed by atoms with van der Waals surface area (Å²) in [5.41, 5.74) is 0. The SMILES string of the molecule is CCCC[SiH](CCC)CCCl. The van der Waals surface area contributed by atoms with Gasteiger partial charge in [-0.05, 0) is 6.04 Å². The van der Waals surface area contributed by atoms with Gasteiger partial charge in [-0.2, -0.15) is 0 Å². The maximum absolute atomic E-state index is 5.75. The van der Waals surface area contributed by atoms with E-state index in [1.54, 1.807) is 0 Å². The molecule has 2 heteroatoms. The van der Waals surface area contributed by atoms with Crippen molar-refractivity contribution < 1.29 is 0 Å². The van der Waals surface area contributed by atoms with E-state index in [2.05, 4.69) is 13.8 Å². The summed E-state index contributed by atoms with van der Waals surface area (Å²) in [4.78, 5) is 0. The molecular formula is C9H21ClSi. The lowest BCUT2D eigenvalue weighted by atomic mass is 10.4. The lowest BCUT2D eigenvalue weighted by Crippen LogP contribution is -2.11. The molecule has 0 heterocycles. The Kier molecular flexibility index (Phi) is 9.00. The van der Waals surface area contributed by atoms with Gasteiger partial charge in [0.1, 0.15) is 0 Å². The zero-order chi connectivity index (χ0) is 8.53. The first-order valence-corrected chi connectivity index (χ1v) is 7.89. The van der Waals surface area contributed by atoms with Crippen LogP contribution in [0.3, 0.4) is 0 Å². The van der Waals surface area contributed by atoms with Crippen LogP contribution in [0.5, 0.6) is 0 Å². The first-order chi connectivity index (χ1) is 5.35. The standard InChI is InChI=1S/C9H21ClSi/c1-3-5-8-11(7-4-2)9-6-10/h11H,3-9H2,1-2H3. The van der Waals surface area contributed by atoms with E-state index in [1.165, 1.54) is 37.4 Å². The number of alkyl halides is 1. The van der Waals surface area contributed by atoms with Crippen molar-refractivity contribution in [3.05, 3.63) is 0 Å². The molecule has 1 unspecified atom stereocenters. The predicted octanol–water partition coefficient (Wildman–Crippen LogP) is 3.66. The van der Waals surface area contributed by atoms with Gasteiger partial charge in [0.2, 0.25) is 0 Å². The Labute approximate surface area is 77.9 Å². The molecule has 0 aliphatic carbocycles. The summed E-state index contributed by atoms with van der Waals surface area (Å²) >= 11 is 5.75. The van der Waals surface area contributed by atoms with Gasteiger partial charge in [-0.1, -0.05) is 45.2 Å². The van der Waals surface area contributed by atoms with Crippen LogP contribution in [0.4, 0.5) is 0 Å². The lowest BCUT2D eigenvalue weighted by Gasteiger charge is -2.11. The zero-order valence-electron chi connectivity index (χ0n) is 7.91. The van der Waals surface area contributed by atoms with Gasteiger partial charge in [0.15, 0.2) is 0 Å². The fraction of sp³-hybridized carbons (Fsp3) is 1.00. The van der Waals surface area contributed by atoms with E-state index in [4.69, 9.17) is 11.6 Å². The average molecular weight is 193 g/mol. The van der Waals surface area contributed by atoms with Gasteiger partial charge < -0.3 is 0 Å². The minimum absolute atomic E-state index is 0.383. The normalized spacial score (nSPS) is 13.4. The Morgan fingerprint density at radius 3 is 2.18 bits per heavy atom. The van der Waals surface area contributed by atoms with Crippen molar-refractivity contribution in [3.63, 3.8) is 0 Å². The third-order valence-electron chi connectivity index (χ3n) is 2.18. The Morgan fingerprint density at radius 2 is 1.73 bits per heavy atom. The highest BCUT2D eigenvalue weighted by molar-refractivity contribution is 6.59. The maximum Gasteiger partial charge on any atom is 0.0379 e. The van der Waals surface area contributed by atoms with E-state index in [9.17, 15) is 0 Å². The van der Waals surface area contributed by atoms with E-state index in [1.807, 2.05) is 0 Å². The molecule has 0 aromatic carbocycles. The highest BCUT2D eigenvalue weighted by Crippen LogP contribution is 2.12. The molecule has 0 fully saturated rings. The Bertz CT molecular complexity index is 70.0. The molecule has 0 aliphatic heterocycles. The molecule has 0 saturated heterocycles. The zero-order valence-corrected chi connectivity index (χ0v) is 9.82. The average Bonchev–Trinajstić information content (AvgIpc) is 2.01. The summed E-state index contributed by atoms with van der Waals surface area (Å²) in [5, 5.41) is 0. The number of rotatable bonds is 7. The van der Waals surface area contributed by atoms with E-state index in [0.717, 1.165) is 5.88 Å². The van der Waals surface area contributed by atoms with E-state index < -0.39 is 0 Å². The molecule has 0 amide bonds. The summed E-state index contributed by atoms with van der Waals surface area (Å²) in [6.45, 7) is 4.57. The highest BCUT2D eigenvalue weighted by atomic mass is 35.5. The molecule has 1 atom stereocenters. The van der Waals surface area contributed by atoms with Crippen molar-refractivity contribution in [2.24, 2.45) is 0 Å². The third kappa shape index (κ3) is 6.89. The van der Waals surface area contributed by atoms with Gasteiger partial charge in [-0.25, -0.2) is 0 Å². The topological polar surface area (TPSA) is 0 Å². The summed E-state index contributed by atoms with van der Waals surface area (Å²) < 4.78 is 0. The second-order valence-electron chi connectivity index (χ2n) is 3.27. The summed E-state index contributed by atoms with van der Waals surface area (Å²) in [5.74, 6) is 0.903. The van der Waals surface area contributed by atoms with Crippen molar-refractivity contribution in [1.29, 1.82) is 0 Å². The van der Waals surface area contributed by atoms with Gasteiger partial charge in [-0.3, -0.25) is 0 Å². The Balaban J connectivity index is 3.34. The molecule has 0 aromatic rings. The molecule has 0 saturated carbocycles. The second-order valence-corrected chi connectivity index (χ2v) is 7.12. The molecule has 0 aliphatic rings. The fourth-order valence-electron chi connectivity index (χ4n) is 1.49. The van der Waals surface area contributed by atoms with Crippen LogP contribution in [-0.4, -0.2) is 14.7 Å². The Morgan fingerprint density at radius 1 is 1.00 bits per heavy atom. The molecule has 0 nitrogen and oxygen atoms in total. The summed E-state index contributed by atoms with van der Waals surface area (Å²) in [7, 11) is -0.383. The summed E-state index contributed by atoms with van der Waals surface area (Å²) in [6, 6.07) is 4.39. The molecule has 0 rings (SSSR count). The van der Waals surface area contributed by atoms with Crippen LogP contribution in [0, 0.1) is 0 Å². The number of hydrogen-bond acceptors (Lipinski definition) is 0. The van der Waals surface area contributed by atoms with Crippen molar-refractivity contribution in [3.8, 4) is 0 Å². The smallest absolute Gasteiger partial charge is 0.0379 e. The van der Waals surface area contributed by atoms with Crippen molar-refractivity contribution >= 4 is 20.4 Å². The largest absolute Gasteiger partial charge is 0.127 e. The van der Waals surface area contributed by atoms with Crippen LogP contribution in [0.1, 0.15) is 33.1 Å². The van der Waals surface area contributed by atoms with Gasteiger partial charge in [-0.15, -0.1) is 11.6 Å². The van der Waals surface area contributed by atoms with Crippen LogP contribution in [0.15, 0.2) is 0 Å². The van der Waals surface area contributed by atoms with Gasteiger partial charge >= 0.3 is 0 Å². The van der Waals surface area contributed by atoms with Crippen LogP contribution < -0.4 is 0 Å². The first-order valence-electron chi connectivity index (χ1n) is 4.91. The highest BCUT2D eigenvalue weighted by Gasteiger charge is 2.07. The lowest BCUT2D eigenvalue weighted by molar-refractivity contribution is 0.863. The number of halogens is 1. The Hall–Kier alpha value is 0.507. The third-order valence-corrected chi connectivity index (χ3v) is 6.49. The monoisotopic (exact) mass is 192 g/mol. The van der Waals surface area contributed by atoms with Crippen LogP contribution >= 0.6 is 11.6 Å². The molecular weight excluding hydrogens is 172 g/mol. The number of hydrogen-bond donors (Lipinski definition) is 0. The summed E-state index contributed by atoms with van der Waals surface area (Å²) in [6.07, 6.45) is 4.17. The molecule has 11 heavy (non-hydrogen) atoms. The van der Waals surface area contributed by atoms with Crippen LogP contribution in [-0.2, 0) is 0 Å². The molecule has 0 N–H and O–H groups in total. The van der Waals surface area contributed by atoms with E-state index in [0.29, 0.717) is 0 Å². The quantitative estimate of drug-likeness (QED) is 0.427. The first kappa shape index (κ1) is 11.5. The van der Waals surface area contributed by atoms with Crippen LogP contribution in [0.2, 0.25) is 18.1 Å².